The Hall–Kier alpha value is -2.29. The number of carbonyl (C=O) groups is 1. The van der Waals surface area contributed by atoms with Gasteiger partial charge in [0.1, 0.15) is 0 Å². The van der Waals surface area contributed by atoms with Crippen molar-refractivity contribution in [3.05, 3.63) is 58.7 Å². The number of carbonyl (C=O) groups excluding carboxylic acids is 1. The Balaban J connectivity index is 2.26. The maximum atomic E-state index is 12.1. The molecule has 2 aromatic rings. The van der Waals surface area contributed by atoms with Gasteiger partial charge in [-0.3, -0.25) is 4.79 Å². The molecule has 1 amide bonds. The van der Waals surface area contributed by atoms with E-state index in [9.17, 15) is 4.79 Å². The van der Waals surface area contributed by atoms with E-state index < -0.39 is 0 Å². The minimum atomic E-state index is -0.140. The fraction of sp³-hybridized carbons (Fsp3) is 0.188. The first-order valence-corrected chi connectivity index (χ1v) is 6.22. The van der Waals surface area contributed by atoms with Gasteiger partial charge in [-0.15, -0.1) is 0 Å². The number of nitrogens with two attached hydrogens (primary N) is 1. The SMILES string of the molecule is Cc1ccc(C(=O)Nc2c(C)cc(C)cc2N)cc1. The van der Waals surface area contributed by atoms with Gasteiger partial charge in [0, 0.05) is 5.56 Å². The van der Waals surface area contributed by atoms with E-state index in [4.69, 9.17) is 5.73 Å². The molecule has 0 aliphatic carbocycles. The number of rotatable bonds is 2. The minimum absolute atomic E-state index is 0.140. The lowest BCUT2D eigenvalue weighted by Crippen LogP contribution is -2.14. The number of nitrogen functional groups attached to an aromatic ring is 1. The van der Waals surface area contributed by atoms with Crippen LogP contribution in [0.3, 0.4) is 0 Å². The fourth-order valence-electron chi connectivity index (χ4n) is 2.06. The molecule has 0 aliphatic heterocycles. The van der Waals surface area contributed by atoms with Crippen LogP contribution in [0.25, 0.3) is 0 Å². The number of nitrogens with one attached hydrogen (secondary N) is 1. The predicted molar refractivity (Wildman–Crippen MR) is 79.5 cm³/mol. The third kappa shape index (κ3) is 2.94. The van der Waals surface area contributed by atoms with Crippen molar-refractivity contribution in [1.82, 2.24) is 0 Å². The molecule has 3 nitrogen and oxygen atoms in total. The highest BCUT2D eigenvalue weighted by Crippen LogP contribution is 2.25. The van der Waals surface area contributed by atoms with Gasteiger partial charge in [-0.1, -0.05) is 23.8 Å². The van der Waals surface area contributed by atoms with E-state index in [1.165, 1.54) is 0 Å². The Morgan fingerprint density at radius 1 is 1.00 bits per heavy atom. The van der Waals surface area contributed by atoms with Gasteiger partial charge in [-0.2, -0.15) is 0 Å². The number of hydrogen-bond acceptors (Lipinski definition) is 2. The van der Waals surface area contributed by atoms with Crippen molar-refractivity contribution in [2.75, 3.05) is 11.1 Å². The van der Waals surface area contributed by atoms with E-state index in [0.29, 0.717) is 16.9 Å². The Labute approximate surface area is 113 Å². The zero-order valence-corrected chi connectivity index (χ0v) is 11.4. The summed E-state index contributed by atoms with van der Waals surface area (Å²) in [7, 11) is 0. The number of anilines is 2. The first kappa shape index (κ1) is 13.1. The van der Waals surface area contributed by atoms with E-state index in [1.54, 1.807) is 0 Å². The van der Waals surface area contributed by atoms with E-state index in [1.807, 2.05) is 57.2 Å². The smallest absolute Gasteiger partial charge is 0.255 e. The van der Waals surface area contributed by atoms with Crippen molar-refractivity contribution in [1.29, 1.82) is 0 Å². The molecule has 0 fully saturated rings. The maximum Gasteiger partial charge on any atom is 0.255 e. The highest BCUT2D eigenvalue weighted by atomic mass is 16.1. The first-order chi connectivity index (χ1) is 8.97. The molecular weight excluding hydrogens is 236 g/mol. The molecule has 0 aromatic heterocycles. The molecule has 0 heterocycles. The van der Waals surface area contributed by atoms with Gasteiger partial charge >= 0.3 is 0 Å². The quantitative estimate of drug-likeness (QED) is 0.806. The maximum absolute atomic E-state index is 12.1. The molecule has 98 valence electrons. The summed E-state index contributed by atoms with van der Waals surface area (Å²) >= 11 is 0. The molecule has 0 unspecified atom stereocenters. The van der Waals surface area contributed by atoms with Crippen LogP contribution in [0.4, 0.5) is 11.4 Å². The van der Waals surface area contributed by atoms with Crippen molar-refractivity contribution in [2.45, 2.75) is 20.8 Å². The molecule has 2 rings (SSSR count). The number of amides is 1. The monoisotopic (exact) mass is 254 g/mol. The second-order valence-electron chi connectivity index (χ2n) is 4.87. The van der Waals surface area contributed by atoms with Crippen LogP contribution < -0.4 is 11.1 Å². The number of hydrogen-bond donors (Lipinski definition) is 2. The van der Waals surface area contributed by atoms with Gasteiger partial charge in [-0.05, 0) is 50.1 Å². The largest absolute Gasteiger partial charge is 0.397 e. The van der Waals surface area contributed by atoms with Crippen LogP contribution in [-0.4, -0.2) is 5.91 Å². The summed E-state index contributed by atoms with van der Waals surface area (Å²) in [4.78, 5) is 12.1. The zero-order valence-electron chi connectivity index (χ0n) is 11.4. The van der Waals surface area contributed by atoms with Crippen molar-refractivity contribution >= 4 is 17.3 Å². The summed E-state index contributed by atoms with van der Waals surface area (Å²) in [6.45, 7) is 5.91. The van der Waals surface area contributed by atoms with E-state index in [2.05, 4.69) is 5.32 Å². The summed E-state index contributed by atoms with van der Waals surface area (Å²) in [5, 5.41) is 2.88. The van der Waals surface area contributed by atoms with Crippen molar-refractivity contribution in [3.63, 3.8) is 0 Å². The van der Waals surface area contributed by atoms with Gasteiger partial charge < -0.3 is 11.1 Å². The molecule has 3 N–H and O–H groups in total. The molecule has 0 saturated carbocycles. The van der Waals surface area contributed by atoms with E-state index in [0.717, 1.165) is 16.7 Å². The lowest BCUT2D eigenvalue weighted by molar-refractivity contribution is 0.102. The van der Waals surface area contributed by atoms with E-state index >= 15 is 0 Å². The molecule has 0 radical (unpaired) electrons. The Bertz CT molecular complexity index is 592. The molecular formula is C16H18N2O. The Morgan fingerprint density at radius 3 is 2.21 bits per heavy atom. The molecule has 0 aliphatic rings. The summed E-state index contributed by atoms with van der Waals surface area (Å²) in [6.07, 6.45) is 0. The van der Waals surface area contributed by atoms with Crippen LogP contribution >= 0.6 is 0 Å². The van der Waals surface area contributed by atoms with Crippen LogP contribution in [0.15, 0.2) is 36.4 Å². The van der Waals surface area contributed by atoms with Gasteiger partial charge in [0.15, 0.2) is 0 Å². The lowest BCUT2D eigenvalue weighted by Gasteiger charge is -2.12. The van der Waals surface area contributed by atoms with Crippen LogP contribution in [0.2, 0.25) is 0 Å². The first-order valence-electron chi connectivity index (χ1n) is 6.22. The molecule has 0 saturated heterocycles. The second-order valence-corrected chi connectivity index (χ2v) is 4.87. The molecule has 0 atom stereocenters. The van der Waals surface area contributed by atoms with Crippen molar-refractivity contribution < 1.29 is 4.79 Å². The standard InChI is InChI=1S/C16H18N2O/c1-10-4-6-13(7-5-10)16(19)18-15-12(3)8-11(2)9-14(15)17/h4-9H,17H2,1-3H3,(H,18,19). The third-order valence-electron chi connectivity index (χ3n) is 3.06. The van der Waals surface area contributed by atoms with Crippen LogP contribution in [-0.2, 0) is 0 Å². The van der Waals surface area contributed by atoms with Gasteiger partial charge in [0.05, 0.1) is 11.4 Å². The summed E-state index contributed by atoms with van der Waals surface area (Å²) in [6, 6.07) is 11.3. The third-order valence-corrected chi connectivity index (χ3v) is 3.06. The number of aryl methyl sites for hydroxylation is 3. The summed E-state index contributed by atoms with van der Waals surface area (Å²) in [5.41, 5.74) is 11.1. The summed E-state index contributed by atoms with van der Waals surface area (Å²) < 4.78 is 0. The lowest BCUT2D eigenvalue weighted by atomic mass is 10.1. The normalized spacial score (nSPS) is 10.3. The zero-order chi connectivity index (χ0) is 14.0. The van der Waals surface area contributed by atoms with Crippen LogP contribution in [0.5, 0.6) is 0 Å². The average Bonchev–Trinajstić information content (AvgIpc) is 2.34. The molecule has 0 spiro atoms. The topological polar surface area (TPSA) is 55.1 Å². The summed E-state index contributed by atoms with van der Waals surface area (Å²) in [5.74, 6) is -0.140. The van der Waals surface area contributed by atoms with Crippen LogP contribution in [0, 0.1) is 20.8 Å². The highest BCUT2D eigenvalue weighted by Gasteiger charge is 2.10. The van der Waals surface area contributed by atoms with E-state index in [-0.39, 0.29) is 5.91 Å². The Morgan fingerprint density at radius 2 is 1.63 bits per heavy atom. The molecule has 0 bridgehead atoms. The highest BCUT2D eigenvalue weighted by molar-refractivity contribution is 6.06. The van der Waals surface area contributed by atoms with Crippen molar-refractivity contribution in [2.24, 2.45) is 0 Å². The van der Waals surface area contributed by atoms with Gasteiger partial charge in [-0.25, -0.2) is 0 Å². The molecule has 2 aromatic carbocycles. The van der Waals surface area contributed by atoms with Crippen molar-refractivity contribution in [3.8, 4) is 0 Å². The molecule has 19 heavy (non-hydrogen) atoms. The minimum Gasteiger partial charge on any atom is -0.397 e. The fourth-order valence-corrected chi connectivity index (χ4v) is 2.06. The predicted octanol–water partition coefficient (Wildman–Crippen LogP) is 3.45. The number of benzene rings is 2. The second kappa shape index (κ2) is 5.14. The van der Waals surface area contributed by atoms with Gasteiger partial charge in [0.2, 0.25) is 0 Å². The van der Waals surface area contributed by atoms with Gasteiger partial charge in [0.25, 0.3) is 5.91 Å². The Kier molecular flexibility index (Phi) is 3.56. The molecule has 3 heteroatoms. The van der Waals surface area contributed by atoms with Crippen LogP contribution in [0.1, 0.15) is 27.0 Å². The average molecular weight is 254 g/mol.